The topological polar surface area (TPSA) is 269 Å². The van der Waals surface area contributed by atoms with Gasteiger partial charge in [0.05, 0.1) is 12.7 Å². The molecule has 0 bridgehead atoms. The van der Waals surface area contributed by atoms with Gasteiger partial charge in [-0.05, 0) is 31.2 Å². The molecule has 2 aromatic carbocycles. The van der Waals surface area contributed by atoms with Crippen LogP contribution in [0.1, 0.15) is 6.92 Å². The summed E-state index contributed by atoms with van der Waals surface area (Å²) in [6.45, 7) is 0.624. The molecule has 10 atom stereocenters. The summed E-state index contributed by atoms with van der Waals surface area (Å²) in [4.78, 5) is 12.9. The van der Waals surface area contributed by atoms with Crippen LogP contribution in [0.4, 0.5) is 0 Å². The van der Waals surface area contributed by atoms with E-state index < -0.39 is 113 Å². The molecule has 2 saturated heterocycles. The van der Waals surface area contributed by atoms with E-state index >= 15 is 0 Å². The Morgan fingerprint density at radius 1 is 0.814 bits per heavy atom. The van der Waals surface area contributed by atoms with Crippen molar-refractivity contribution in [2.24, 2.45) is 0 Å². The number of rotatable bonds is 6. The van der Waals surface area contributed by atoms with Crippen molar-refractivity contribution in [3.63, 3.8) is 0 Å². The van der Waals surface area contributed by atoms with E-state index in [-0.39, 0.29) is 11.3 Å². The van der Waals surface area contributed by atoms with Gasteiger partial charge in [-0.15, -0.1) is 0 Å². The molecular formula is C27H30O16. The van der Waals surface area contributed by atoms with Crippen LogP contribution in [-0.2, 0) is 14.2 Å². The van der Waals surface area contributed by atoms with Gasteiger partial charge in [0.2, 0.25) is 23.2 Å². The minimum atomic E-state index is -1.88. The van der Waals surface area contributed by atoms with E-state index in [1.165, 1.54) is 31.2 Å². The molecule has 3 heterocycles. The van der Waals surface area contributed by atoms with Gasteiger partial charge in [0.1, 0.15) is 59.6 Å². The predicted octanol–water partition coefficient (Wildman–Crippen LogP) is -1.69. The highest BCUT2D eigenvalue weighted by Gasteiger charge is 2.50. The van der Waals surface area contributed by atoms with Crippen LogP contribution in [0.3, 0.4) is 0 Å². The molecule has 0 spiro atoms. The van der Waals surface area contributed by atoms with Crippen LogP contribution in [0.5, 0.6) is 28.7 Å². The summed E-state index contributed by atoms with van der Waals surface area (Å²) in [5, 5.41) is 102. The lowest BCUT2D eigenvalue weighted by Crippen LogP contribution is -2.64. The molecule has 0 aliphatic carbocycles. The number of phenolic OH excluding ortho intramolecular Hbond substituents is 3. The lowest BCUT2D eigenvalue weighted by molar-refractivity contribution is -0.350. The van der Waals surface area contributed by atoms with Gasteiger partial charge in [0, 0.05) is 11.6 Å². The van der Waals surface area contributed by atoms with Crippen molar-refractivity contribution in [2.75, 3.05) is 6.61 Å². The van der Waals surface area contributed by atoms with Gasteiger partial charge in [0.15, 0.2) is 23.4 Å². The fourth-order valence-corrected chi connectivity index (χ4v) is 4.92. The lowest BCUT2D eigenvalue weighted by atomic mass is 9.97. The SMILES string of the molecule is C[C@@H]1O[C@@H](Oc2cc(O)c3c(=O)c(O)c(-c4ccc(O)cc4)oc3c2O)[C@H](O)[C@H](O[C@H]2O[C@@H](CO)[C@H](O)[C@@H](O)[C@@H]2O)[C@H]1O. The Morgan fingerprint density at radius 3 is 2.14 bits per heavy atom. The maximum Gasteiger partial charge on any atom is 0.238 e. The summed E-state index contributed by atoms with van der Waals surface area (Å²) in [6, 6.07) is 5.97. The van der Waals surface area contributed by atoms with Crippen LogP contribution >= 0.6 is 0 Å². The fraction of sp³-hybridized carbons (Fsp3) is 0.444. The molecule has 234 valence electrons. The summed E-state index contributed by atoms with van der Waals surface area (Å²) in [5.74, 6) is -3.58. The van der Waals surface area contributed by atoms with Crippen LogP contribution in [0.2, 0.25) is 0 Å². The minimum Gasteiger partial charge on any atom is -0.508 e. The highest BCUT2D eigenvalue weighted by Crippen LogP contribution is 2.43. The fourth-order valence-electron chi connectivity index (χ4n) is 4.92. The van der Waals surface area contributed by atoms with E-state index in [4.69, 9.17) is 23.4 Å². The van der Waals surface area contributed by atoms with Gasteiger partial charge in [-0.25, -0.2) is 0 Å². The first kappa shape index (κ1) is 30.7. The zero-order chi connectivity index (χ0) is 31.3. The zero-order valence-electron chi connectivity index (χ0n) is 22.3. The van der Waals surface area contributed by atoms with Gasteiger partial charge in [-0.1, -0.05) is 0 Å². The number of fused-ring (bicyclic) bond motifs is 1. The van der Waals surface area contributed by atoms with Crippen molar-refractivity contribution in [1.82, 2.24) is 0 Å². The summed E-state index contributed by atoms with van der Waals surface area (Å²) >= 11 is 0. The number of aliphatic hydroxyl groups excluding tert-OH is 6. The predicted molar refractivity (Wildman–Crippen MR) is 140 cm³/mol. The molecule has 0 saturated carbocycles. The Kier molecular flexibility index (Phi) is 8.41. The third-order valence-electron chi connectivity index (χ3n) is 7.35. The highest BCUT2D eigenvalue weighted by atomic mass is 16.7. The smallest absolute Gasteiger partial charge is 0.238 e. The number of hydrogen-bond acceptors (Lipinski definition) is 16. The third kappa shape index (κ3) is 5.44. The minimum absolute atomic E-state index is 0.109. The molecule has 2 fully saturated rings. The van der Waals surface area contributed by atoms with Crippen molar-refractivity contribution >= 4 is 11.0 Å². The molecule has 1 aromatic heterocycles. The van der Waals surface area contributed by atoms with Crippen molar-refractivity contribution in [3.8, 4) is 40.1 Å². The van der Waals surface area contributed by atoms with E-state index in [9.17, 15) is 55.9 Å². The summed E-state index contributed by atoms with van der Waals surface area (Å²) in [7, 11) is 0. The van der Waals surface area contributed by atoms with Gasteiger partial charge >= 0.3 is 0 Å². The molecule has 2 aliphatic heterocycles. The first-order valence-corrected chi connectivity index (χ1v) is 13.0. The van der Waals surface area contributed by atoms with Crippen molar-refractivity contribution in [3.05, 3.63) is 40.6 Å². The monoisotopic (exact) mass is 610 g/mol. The lowest BCUT2D eigenvalue weighted by Gasteiger charge is -2.45. The standard InChI is InChI=1S/C27H30O16/c1-8-15(31)25(43-26-21(37)19(35)16(32)13(7-28)41-26)22(38)27(39-8)40-12-6-11(30)14-18(34)20(36)23(42-24(14)17(12)33)9-2-4-10(29)5-3-9/h2-6,8,13,15-16,19,21-22,25-33,35-38H,7H2,1H3/t8-,13-,15-,16-,19+,21-,22+,25+,26+,27-/m0/s1. The Labute approximate surface area is 241 Å². The molecule has 2 aliphatic rings. The van der Waals surface area contributed by atoms with Crippen LogP contribution in [0.25, 0.3) is 22.3 Å². The van der Waals surface area contributed by atoms with E-state index in [0.717, 1.165) is 6.07 Å². The Morgan fingerprint density at radius 2 is 1.49 bits per heavy atom. The maximum atomic E-state index is 12.9. The second-order valence-corrected chi connectivity index (χ2v) is 10.2. The van der Waals surface area contributed by atoms with E-state index in [1.54, 1.807) is 0 Å². The van der Waals surface area contributed by atoms with Gasteiger partial charge < -0.3 is 74.4 Å². The van der Waals surface area contributed by atoms with Crippen LogP contribution in [-0.4, -0.2) is 119 Å². The average molecular weight is 611 g/mol. The normalized spacial score (nSPS) is 33.0. The second kappa shape index (κ2) is 11.8. The first-order valence-electron chi connectivity index (χ1n) is 13.0. The van der Waals surface area contributed by atoms with Gasteiger partial charge in [-0.3, -0.25) is 4.79 Å². The van der Waals surface area contributed by atoms with Crippen LogP contribution in [0.15, 0.2) is 39.5 Å². The molecule has 5 rings (SSSR count). The van der Waals surface area contributed by atoms with Crippen molar-refractivity contribution in [2.45, 2.75) is 68.3 Å². The molecule has 0 radical (unpaired) electrons. The first-order chi connectivity index (χ1) is 20.3. The Balaban J connectivity index is 1.46. The molecule has 43 heavy (non-hydrogen) atoms. The molecule has 3 aromatic rings. The summed E-state index contributed by atoms with van der Waals surface area (Å²) in [5.41, 5.74) is -1.56. The number of aliphatic hydroxyl groups is 6. The number of aromatic hydroxyl groups is 4. The van der Waals surface area contributed by atoms with Crippen molar-refractivity contribution in [1.29, 1.82) is 0 Å². The quantitative estimate of drug-likeness (QED) is 0.140. The van der Waals surface area contributed by atoms with Gasteiger partial charge in [0.25, 0.3) is 0 Å². The van der Waals surface area contributed by atoms with E-state index in [1.807, 2.05) is 0 Å². The maximum absolute atomic E-state index is 12.9. The summed E-state index contributed by atoms with van der Waals surface area (Å²) in [6.07, 6.45) is -16.3. The van der Waals surface area contributed by atoms with E-state index in [2.05, 4.69) is 0 Å². The number of phenols is 3. The average Bonchev–Trinajstić information content (AvgIpc) is 2.98. The number of hydrogen-bond donors (Lipinski definition) is 10. The highest BCUT2D eigenvalue weighted by molar-refractivity contribution is 5.93. The molecule has 16 heteroatoms. The third-order valence-corrected chi connectivity index (χ3v) is 7.35. The number of ether oxygens (including phenoxy) is 4. The van der Waals surface area contributed by atoms with Gasteiger partial charge in [-0.2, -0.15) is 0 Å². The van der Waals surface area contributed by atoms with E-state index in [0.29, 0.717) is 0 Å². The largest absolute Gasteiger partial charge is 0.508 e. The van der Waals surface area contributed by atoms with Crippen molar-refractivity contribution < 1.29 is 74.4 Å². The van der Waals surface area contributed by atoms with Crippen LogP contribution < -0.4 is 10.2 Å². The molecule has 0 unspecified atom stereocenters. The Bertz CT molecular complexity index is 1520. The second-order valence-electron chi connectivity index (χ2n) is 10.2. The molecular weight excluding hydrogens is 580 g/mol. The molecule has 10 N–H and O–H groups in total. The molecule has 16 nitrogen and oxygen atoms in total. The van der Waals surface area contributed by atoms with Crippen LogP contribution in [0, 0.1) is 0 Å². The zero-order valence-corrected chi connectivity index (χ0v) is 22.3. The molecule has 0 amide bonds. The number of benzene rings is 2. The Hall–Kier alpha value is -3.71. The summed E-state index contributed by atoms with van der Waals surface area (Å²) < 4.78 is 27.5.